The van der Waals surface area contributed by atoms with Gasteiger partial charge in [-0.2, -0.15) is 0 Å². The number of nitrogens with one attached hydrogen (secondary N) is 1. The molecule has 10 nitrogen and oxygen atoms in total. The summed E-state index contributed by atoms with van der Waals surface area (Å²) in [6.45, 7) is 0.304. The fourth-order valence-corrected chi connectivity index (χ4v) is 2.61. The summed E-state index contributed by atoms with van der Waals surface area (Å²) < 4.78 is 21.5. The second-order valence-electron chi connectivity index (χ2n) is 5.86. The first-order valence-electron chi connectivity index (χ1n) is 8.83. The van der Waals surface area contributed by atoms with Crippen molar-refractivity contribution in [2.75, 3.05) is 27.9 Å². The van der Waals surface area contributed by atoms with Crippen LogP contribution in [0.15, 0.2) is 12.1 Å². The third kappa shape index (κ3) is 8.13. The lowest BCUT2D eigenvalue weighted by atomic mass is 10.1. The minimum absolute atomic E-state index is 0.0226. The van der Waals surface area contributed by atoms with Crippen molar-refractivity contribution in [2.45, 2.75) is 32.2 Å². The van der Waals surface area contributed by atoms with Crippen molar-refractivity contribution in [1.29, 1.82) is 0 Å². The summed E-state index contributed by atoms with van der Waals surface area (Å²) in [5.41, 5.74) is 0.527. The highest BCUT2D eigenvalue weighted by atomic mass is 31.0. The molecule has 1 aromatic carbocycles. The number of carboxylic acid groups (broad SMARTS) is 1. The number of hydrogen-bond acceptors (Lipinski definition) is 7. The number of carboxylic acids is 1. The van der Waals surface area contributed by atoms with E-state index in [0.717, 1.165) is 5.06 Å². The van der Waals surface area contributed by atoms with Crippen LogP contribution in [0.5, 0.6) is 17.2 Å². The number of ether oxygens (including phenoxy) is 3. The molecule has 1 atom stereocenters. The van der Waals surface area contributed by atoms with Crippen LogP contribution in [0.1, 0.15) is 31.2 Å². The van der Waals surface area contributed by atoms with Gasteiger partial charge >= 0.3 is 5.97 Å². The molecule has 0 aliphatic heterocycles. The first kappa shape index (κ1) is 24.5. The number of hydroxylamine groups is 2. The van der Waals surface area contributed by atoms with Crippen LogP contribution >= 0.6 is 9.47 Å². The Bertz CT molecular complexity index is 688. The molecule has 29 heavy (non-hydrogen) atoms. The van der Waals surface area contributed by atoms with E-state index in [-0.39, 0.29) is 25.3 Å². The van der Waals surface area contributed by atoms with E-state index in [9.17, 15) is 14.4 Å². The molecule has 0 aliphatic rings. The van der Waals surface area contributed by atoms with Crippen LogP contribution in [0.25, 0.3) is 0 Å². The zero-order valence-electron chi connectivity index (χ0n) is 16.7. The number of aliphatic carboxylic acids is 1. The summed E-state index contributed by atoms with van der Waals surface area (Å²) in [6.07, 6.45) is 0.377. The molecule has 0 saturated carbocycles. The van der Waals surface area contributed by atoms with Crippen LogP contribution in [-0.4, -0.2) is 55.8 Å². The molecular formula is C18H27N2O8P. The highest BCUT2D eigenvalue weighted by Crippen LogP contribution is 2.35. The van der Waals surface area contributed by atoms with E-state index in [1.54, 1.807) is 19.2 Å². The predicted octanol–water partition coefficient (Wildman–Crippen LogP) is 1.52. The predicted molar refractivity (Wildman–Crippen MR) is 107 cm³/mol. The second kappa shape index (κ2) is 12.8. The van der Waals surface area contributed by atoms with Gasteiger partial charge in [-0.1, -0.05) is 0 Å². The summed E-state index contributed by atoms with van der Waals surface area (Å²) in [6, 6.07) is 3.28. The third-order valence-electron chi connectivity index (χ3n) is 3.94. The number of benzene rings is 1. The van der Waals surface area contributed by atoms with E-state index < -0.39 is 11.9 Å². The zero-order valence-corrected chi connectivity index (χ0v) is 17.9. The number of nitrogens with zero attached hydrogens (tertiary/aromatic N) is 1. The number of hydrogen-bond donors (Lipinski definition) is 2. The standard InChI is InChI=1S/C18H27N2O8P/c1-19-16(21)5-4-8-27-12-9-14(25-2)13(15(10-12)26-3)11-20(28-29)17(22)6-7-18(23)24/h9-10H,4-8,11,29H2,1-3H3,(H,19,21)(H,23,24). The molecular weight excluding hydrogens is 403 g/mol. The largest absolute Gasteiger partial charge is 0.496 e. The summed E-state index contributed by atoms with van der Waals surface area (Å²) in [7, 11) is 6.47. The quantitative estimate of drug-likeness (QED) is 0.274. The fourth-order valence-electron chi connectivity index (χ4n) is 2.41. The molecule has 1 unspecified atom stereocenters. The molecule has 162 valence electrons. The van der Waals surface area contributed by atoms with Gasteiger partial charge in [-0.3, -0.25) is 19.0 Å². The van der Waals surface area contributed by atoms with Crippen molar-refractivity contribution in [3.05, 3.63) is 17.7 Å². The molecule has 0 spiro atoms. The summed E-state index contributed by atoms with van der Waals surface area (Å²) in [4.78, 5) is 34.1. The van der Waals surface area contributed by atoms with Gasteiger partial charge in [-0.15, -0.1) is 0 Å². The Hall–Kier alpha value is -2.58. The van der Waals surface area contributed by atoms with E-state index in [4.69, 9.17) is 23.9 Å². The van der Waals surface area contributed by atoms with Crippen molar-refractivity contribution in [2.24, 2.45) is 0 Å². The maximum atomic E-state index is 12.2. The Morgan fingerprint density at radius 3 is 2.21 bits per heavy atom. The highest BCUT2D eigenvalue weighted by Gasteiger charge is 2.21. The number of carbonyl (C=O) groups excluding carboxylic acids is 2. The van der Waals surface area contributed by atoms with Crippen LogP contribution in [0.3, 0.4) is 0 Å². The van der Waals surface area contributed by atoms with Crippen molar-refractivity contribution in [3.63, 3.8) is 0 Å². The van der Waals surface area contributed by atoms with E-state index >= 15 is 0 Å². The van der Waals surface area contributed by atoms with Gasteiger partial charge in [-0.05, 0) is 6.42 Å². The van der Waals surface area contributed by atoms with Crippen molar-refractivity contribution < 1.29 is 38.3 Å². The zero-order chi connectivity index (χ0) is 21.8. The molecule has 2 amide bonds. The Kier molecular flexibility index (Phi) is 10.8. The Morgan fingerprint density at radius 1 is 1.10 bits per heavy atom. The Balaban J connectivity index is 2.92. The maximum Gasteiger partial charge on any atom is 0.303 e. The second-order valence-corrected chi connectivity index (χ2v) is 6.07. The minimum atomic E-state index is -1.07. The normalized spacial score (nSPS) is 10.2. The Morgan fingerprint density at radius 2 is 1.72 bits per heavy atom. The summed E-state index contributed by atoms with van der Waals surface area (Å²) in [5.74, 6) is -0.345. The molecule has 0 heterocycles. The molecule has 0 radical (unpaired) electrons. The van der Waals surface area contributed by atoms with E-state index in [1.807, 2.05) is 9.47 Å². The van der Waals surface area contributed by atoms with Gasteiger partial charge in [0.1, 0.15) is 17.2 Å². The molecule has 1 rings (SSSR count). The lowest BCUT2D eigenvalue weighted by molar-refractivity contribution is -0.158. The van der Waals surface area contributed by atoms with Crippen LogP contribution in [0.4, 0.5) is 0 Å². The van der Waals surface area contributed by atoms with Crippen molar-refractivity contribution in [3.8, 4) is 17.2 Å². The molecule has 0 bridgehead atoms. The van der Waals surface area contributed by atoms with Gasteiger partial charge in [-0.25, -0.2) is 5.06 Å². The van der Waals surface area contributed by atoms with E-state index in [1.165, 1.54) is 14.2 Å². The molecule has 11 heteroatoms. The summed E-state index contributed by atoms with van der Waals surface area (Å²) >= 11 is 0. The van der Waals surface area contributed by atoms with Gasteiger partial charge in [0.05, 0.1) is 39.4 Å². The topological polar surface area (TPSA) is 124 Å². The first-order valence-corrected chi connectivity index (χ1v) is 9.30. The first-order chi connectivity index (χ1) is 13.9. The van der Waals surface area contributed by atoms with Gasteiger partial charge in [0.15, 0.2) is 0 Å². The number of carbonyl (C=O) groups is 3. The highest BCUT2D eigenvalue weighted by molar-refractivity contribution is 7.09. The fraction of sp³-hybridized carbons (Fsp3) is 0.500. The maximum absolute atomic E-state index is 12.2. The minimum Gasteiger partial charge on any atom is -0.496 e. The number of methoxy groups -OCH3 is 2. The van der Waals surface area contributed by atoms with Crippen molar-refractivity contribution in [1.82, 2.24) is 10.4 Å². The van der Waals surface area contributed by atoms with Crippen LogP contribution in [0.2, 0.25) is 0 Å². The average Bonchev–Trinajstić information content (AvgIpc) is 2.72. The monoisotopic (exact) mass is 430 g/mol. The van der Waals surface area contributed by atoms with Crippen LogP contribution in [-0.2, 0) is 25.6 Å². The van der Waals surface area contributed by atoms with E-state index in [0.29, 0.717) is 42.3 Å². The molecule has 0 saturated heterocycles. The van der Waals surface area contributed by atoms with Gasteiger partial charge in [0.2, 0.25) is 11.8 Å². The number of amides is 2. The van der Waals surface area contributed by atoms with Crippen LogP contribution < -0.4 is 19.5 Å². The van der Waals surface area contributed by atoms with Gasteiger partial charge in [0, 0.05) is 41.5 Å². The van der Waals surface area contributed by atoms with Crippen molar-refractivity contribution >= 4 is 27.3 Å². The van der Waals surface area contributed by atoms with E-state index in [2.05, 4.69) is 5.32 Å². The lowest BCUT2D eigenvalue weighted by Gasteiger charge is -2.22. The molecule has 0 aliphatic carbocycles. The number of rotatable bonds is 13. The SMILES string of the molecule is CNC(=O)CCCOc1cc(OC)c(CN(OP)C(=O)CCC(=O)O)c(OC)c1. The average molecular weight is 430 g/mol. The Labute approximate surface area is 171 Å². The lowest BCUT2D eigenvalue weighted by Crippen LogP contribution is -2.28. The smallest absolute Gasteiger partial charge is 0.303 e. The van der Waals surface area contributed by atoms with Gasteiger partial charge in [0.25, 0.3) is 0 Å². The molecule has 2 N–H and O–H groups in total. The van der Waals surface area contributed by atoms with Gasteiger partial charge < -0.3 is 24.6 Å². The third-order valence-corrected chi connectivity index (χ3v) is 4.19. The molecule has 0 aromatic heterocycles. The molecule has 0 fully saturated rings. The summed E-state index contributed by atoms with van der Waals surface area (Å²) in [5, 5.41) is 12.3. The molecule has 1 aromatic rings. The van der Waals surface area contributed by atoms with Crippen LogP contribution in [0, 0.1) is 0 Å².